The summed E-state index contributed by atoms with van der Waals surface area (Å²) in [6, 6.07) is 13.6. The Morgan fingerprint density at radius 2 is 1.52 bits per heavy atom. The SMILES string of the molecule is COc1ccc(NC(=O)c2ccc(N3C(=O)[C@@H]4[C@@H](C3=O)[C@H]3C=C[C@@H]4C3)cc2)cc1. The predicted octanol–water partition coefficient (Wildman–Crippen LogP) is 3.26. The van der Waals surface area contributed by atoms with Crippen LogP contribution in [0.2, 0.25) is 0 Å². The standard InChI is InChI=1S/C23H20N2O4/c1-29-18-10-6-16(7-11-18)24-21(26)13-4-8-17(9-5-13)25-22(27)19-14-2-3-15(12-14)20(19)23(25)28/h2-11,14-15,19-20H,12H2,1H3,(H,24,26)/t14-,15+,19-,20-/m0/s1. The van der Waals surface area contributed by atoms with Crippen LogP contribution in [-0.2, 0) is 9.59 Å². The molecule has 2 aromatic carbocycles. The third kappa shape index (κ3) is 2.75. The Balaban J connectivity index is 1.32. The van der Waals surface area contributed by atoms with E-state index in [2.05, 4.69) is 17.5 Å². The van der Waals surface area contributed by atoms with E-state index in [0.29, 0.717) is 22.7 Å². The van der Waals surface area contributed by atoms with Crippen LogP contribution in [0.25, 0.3) is 0 Å². The molecule has 0 radical (unpaired) electrons. The number of benzene rings is 2. The van der Waals surface area contributed by atoms with E-state index in [0.717, 1.165) is 6.42 Å². The van der Waals surface area contributed by atoms with Gasteiger partial charge in [0, 0.05) is 11.3 Å². The van der Waals surface area contributed by atoms with E-state index in [9.17, 15) is 14.4 Å². The number of allylic oxidation sites excluding steroid dienone is 2. The number of rotatable bonds is 4. The highest BCUT2D eigenvalue weighted by atomic mass is 16.5. The van der Waals surface area contributed by atoms with E-state index >= 15 is 0 Å². The number of carbonyl (C=O) groups excluding carboxylic acids is 3. The molecule has 2 fully saturated rings. The van der Waals surface area contributed by atoms with Crippen LogP contribution in [0.4, 0.5) is 11.4 Å². The highest BCUT2D eigenvalue weighted by Crippen LogP contribution is 2.53. The third-order valence-electron chi connectivity index (χ3n) is 6.21. The molecule has 1 heterocycles. The minimum atomic E-state index is -0.264. The molecule has 6 heteroatoms. The van der Waals surface area contributed by atoms with Gasteiger partial charge in [-0.1, -0.05) is 12.2 Å². The first-order valence-corrected chi connectivity index (χ1v) is 9.68. The fourth-order valence-electron chi connectivity index (χ4n) is 4.80. The van der Waals surface area contributed by atoms with Crippen LogP contribution in [0, 0.1) is 23.7 Å². The van der Waals surface area contributed by atoms with E-state index in [-0.39, 0.29) is 41.4 Å². The molecule has 4 atom stereocenters. The minimum absolute atomic E-state index is 0.118. The molecule has 1 N–H and O–H groups in total. The van der Waals surface area contributed by atoms with Crippen LogP contribution >= 0.6 is 0 Å². The maximum absolute atomic E-state index is 12.9. The number of anilines is 2. The Kier molecular flexibility index (Phi) is 4.01. The first kappa shape index (κ1) is 17.7. The molecule has 1 saturated heterocycles. The number of carbonyl (C=O) groups is 3. The highest BCUT2D eigenvalue weighted by Gasteiger charge is 2.59. The van der Waals surface area contributed by atoms with Gasteiger partial charge < -0.3 is 10.1 Å². The zero-order valence-electron chi connectivity index (χ0n) is 15.9. The smallest absolute Gasteiger partial charge is 0.255 e. The van der Waals surface area contributed by atoms with Crippen molar-refractivity contribution >= 4 is 29.1 Å². The lowest BCUT2D eigenvalue weighted by atomic mass is 9.85. The van der Waals surface area contributed by atoms with E-state index in [1.807, 2.05) is 0 Å². The van der Waals surface area contributed by atoms with Crippen LogP contribution < -0.4 is 15.0 Å². The molecule has 5 rings (SSSR count). The van der Waals surface area contributed by atoms with Crippen molar-refractivity contribution in [1.29, 1.82) is 0 Å². The van der Waals surface area contributed by atoms with E-state index in [1.165, 1.54) is 4.90 Å². The van der Waals surface area contributed by atoms with Crippen molar-refractivity contribution in [1.82, 2.24) is 0 Å². The lowest BCUT2D eigenvalue weighted by Crippen LogP contribution is -2.32. The Hall–Kier alpha value is -3.41. The van der Waals surface area contributed by atoms with Crippen molar-refractivity contribution in [2.75, 3.05) is 17.3 Å². The molecule has 3 aliphatic rings. The van der Waals surface area contributed by atoms with Gasteiger partial charge in [0.1, 0.15) is 5.75 Å². The molecule has 1 aliphatic heterocycles. The minimum Gasteiger partial charge on any atom is -0.497 e. The van der Waals surface area contributed by atoms with Gasteiger partial charge in [-0.05, 0) is 66.8 Å². The van der Waals surface area contributed by atoms with E-state index in [4.69, 9.17) is 4.74 Å². The number of imide groups is 1. The van der Waals surface area contributed by atoms with Crippen LogP contribution in [0.15, 0.2) is 60.7 Å². The Bertz CT molecular complexity index is 996. The van der Waals surface area contributed by atoms with Crippen molar-refractivity contribution < 1.29 is 19.1 Å². The van der Waals surface area contributed by atoms with Crippen LogP contribution in [0.3, 0.4) is 0 Å². The molecule has 2 aliphatic carbocycles. The average molecular weight is 388 g/mol. The van der Waals surface area contributed by atoms with Gasteiger partial charge >= 0.3 is 0 Å². The number of fused-ring (bicyclic) bond motifs is 5. The van der Waals surface area contributed by atoms with Gasteiger partial charge in [0.15, 0.2) is 0 Å². The average Bonchev–Trinajstić information content (AvgIpc) is 3.42. The number of hydrogen-bond acceptors (Lipinski definition) is 4. The van der Waals surface area contributed by atoms with Crippen LogP contribution in [-0.4, -0.2) is 24.8 Å². The second-order valence-electron chi connectivity index (χ2n) is 7.74. The zero-order chi connectivity index (χ0) is 20.1. The summed E-state index contributed by atoms with van der Waals surface area (Å²) in [5.74, 6) is 0.119. The summed E-state index contributed by atoms with van der Waals surface area (Å²) in [6.07, 6.45) is 5.06. The molecule has 2 bridgehead atoms. The van der Waals surface area contributed by atoms with Gasteiger partial charge in [0.2, 0.25) is 11.8 Å². The molecule has 0 aromatic heterocycles. The van der Waals surface area contributed by atoms with E-state index < -0.39 is 0 Å². The summed E-state index contributed by atoms with van der Waals surface area (Å²) >= 11 is 0. The second-order valence-corrected chi connectivity index (χ2v) is 7.74. The first-order chi connectivity index (χ1) is 14.1. The monoisotopic (exact) mass is 388 g/mol. The van der Waals surface area contributed by atoms with Gasteiger partial charge in [0.05, 0.1) is 24.6 Å². The molecule has 146 valence electrons. The van der Waals surface area contributed by atoms with Gasteiger partial charge in [-0.3, -0.25) is 19.3 Å². The van der Waals surface area contributed by atoms with Gasteiger partial charge in [0.25, 0.3) is 5.91 Å². The van der Waals surface area contributed by atoms with Crippen molar-refractivity contribution in [3.63, 3.8) is 0 Å². The normalized spacial score (nSPS) is 26.7. The summed E-state index contributed by atoms with van der Waals surface area (Å²) in [4.78, 5) is 39.5. The molecule has 3 amide bonds. The molecular weight excluding hydrogens is 368 g/mol. The number of hydrogen-bond donors (Lipinski definition) is 1. The molecule has 2 aromatic rings. The Morgan fingerprint density at radius 1 is 0.931 bits per heavy atom. The predicted molar refractivity (Wildman–Crippen MR) is 108 cm³/mol. The lowest BCUT2D eigenvalue weighted by molar-refractivity contribution is -0.123. The van der Waals surface area contributed by atoms with Gasteiger partial charge in [-0.2, -0.15) is 0 Å². The number of methoxy groups -OCH3 is 1. The maximum atomic E-state index is 12.9. The highest BCUT2D eigenvalue weighted by molar-refractivity contribution is 6.23. The second kappa shape index (κ2) is 6.58. The topological polar surface area (TPSA) is 75.7 Å². The van der Waals surface area contributed by atoms with Crippen molar-refractivity contribution in [3.8, 4) is 5.75 Å². The summed E-state index contributed by atoms with van der Waals surface area (Å²) in [6.45, 7) is 0. The summed E-state index contributed by atoms with van der Waals surface area (Å²) < 4.78 is 5.11. The van der Waals surface area contributed by atoms with Crippen LogP contribution in [0.5, 0.6) is 5.75 Å². The summed E-state index contributed by atoms with van der Waals surface area (Å²) in [7, 11) is 1.58. The van der Waals surface area contributed by atoms with Crippen molar-refractivity contribution in [2.45, 2.75) is 6.42 Å². The molecule has 0 unspecified atom stereocenters. The third-order valence-corrected chi connectivity index (χ3v) is 6.21. The Labute approximate surface area is 168 Å². The molecule has 6 nitrogen and oxygen atoms in total. The number of ether oxygens (including phenoxy) is 1. The molecule has 0 spiro atoms. The first-order valence-electron chi connectivity index (χ1n) is 9.68. The molecule has 1 saturated carbocycles. The molecular formula is C23H20N2O4. The lowest BCUT2D eigenvalue weighted by Gasteiger charge is -2.17. The Morgan fingerprint density at radius 3 is 2.07 bits per heavy atom. The fourth-order valence-corrected chi connectivity index (χ4v) is 4.80. The largest absolute Gasteiger partial charge is 0.497 e. The van der Waals surface area contributed by atoms with E-state index in [1.54, 1.807) is 55.6 Å². The zero-order valence-corrected chi connectivity index (χ0v) is 15.9. The van der Waals surface area contributed by atoms with Crippen molar-refractivity contribution in [2.24, 2.45) is 23.7 Å². The molecule has 29 heavy (non-hydrogen) atoms. The van der Waals surface area contributed by atoms with Crippen molar-refractivity contribution in [3.05, 3.63) is 66.2 Å². The maximum Gasteiger partial charge on any atom is 0.255 e. The van der Waals surface area contributed by atoms with Gasteiger partial charge in [-0.15, -0.1) is 0 Å². The summed E-state index contributed by atoms with van der Waals surface area (Å²) in [5, 5.41) is 2.82. The number of amides is 3. The number of nitrogens with one attached hydrogen (secondary N) is 1. The van der Waals surface area contributed by atoms with Crippen LogP contribution in [0.1, 0.15) is 16.8 Å². The quantitative estimate of drug-likeness (QED) is 0.644. The fraction of sp³-hybridized carbons (Fsp3) is 0.261. The number of nitrogens with zero attached hydrogens (tertiary/aromatic N) is 1. The van der Waals surface area contributed by atoms with Gasteiger partial charge in [-0.25, -0.2) is 0 Å². The summed E-state index contributed by atoms with van der Waals surface area (Å²) in [5.41, 5.74) is 1.63.